The van der Waals surface area contributed by atoms with Crippen molar-refractivity contribution in [1.29, 1.82) is 0 Å². The molecule has 2 N–H and O–H groups in total. The van der Waals surface area contributed by atoms with E-state index in [0.29, 0.717) is 22.0 Å². The smallest absolute Gasteiger partial charge is 0.255 e. The molecule has 25 heavy (non-hydrogen) atoms. The number of amides is 1. The lowest BCUT2D eigenvalue weighted by atomic mass is 10.2. The van der Waals surface area contributed by atoms with E-state index in [2.05, 4.69) is 15.5 Å². The normalized spacial score (nSPS) is 10.8. The summed E-state index contributed by atoms with van der Waals surface area (Å²) in [6.07, 6.45) is 0. The van der Waals surface area contributed by atoms with Crippen LogP contribution in [-0.2, 0) is 0 Å². The largest absolute Gasteiger partial charge is 0.506 e. The number of azo groups is 1. The Morgan fingerprint density at radius 1 is 0.920 bits per heavy atom. The number of halogens is 1. The second kappa shape index (κ2) is 7.59. The number of para-hydroxylation sites is 1. The first-order valence-electron chi connectivity index (χ1n) is 7.48. The number of aromatic hydroxyl groups is 1. The molecule has 0 radical (unpaired) electrons. The molecule has 3 rings (SSSR count). The van der Waals surface area contributed by atoms with Crippen molar-refractivity contribution < 1.29 is 9.90 Å². The van der Waals surface area contributed by atoms with Crippen molar-refractivity contribution in [3.05, 3.63) is 83.4 Å². The van der Waals surface area contributed by atoms with E-state index in [-0.39, 0.29) is 17.3 Å². The van der Waals surface area contributed by atoms with E-state index in [9.17, 15) is 9.90 Å². The predicted molar refractivity (Wildman–Crippen MR) is 98.1 cm³/mol. The minimum Gasteiger partial charge on any atom is -0.506 e. The lowest BCUT2D eigenvalue weighted by Crippen LogP contribution is -2.11. The average Bonchev–Trinajstić information content (AvgIpc) is 2.63. The molecule has 0 saturated heterocycles. The number of hydrogen-bond acceptors (Lipinski definition) is 4. The van der Waals surface area contributed by atoms with Crippen molar-refractivity contribution in [2.45, 2.75) is 0 Å². The van der Waals surface area contributed by atoms with Gasteiger partial charge in [-0.15, -0.1) is 5.11 Å². The standard InChI is InChI=1S/C19H14ClN3O2/c20-14-9-10-18(24)17(12-14)23-22-16-8-4-5-13(11-16)19(25)21-15-6-2-1-3-7-15/h1-12,24H,(H,21,25). The quantitative estimate of drug-likeness (QED) is 0.590. The molecule has 0 saturated carbocycles. The first-order valence-corrected chi connectivity index (χ1v) is 7.86. The van der Waals surface area contributed by atoms with Gasteiger partial charge < -0.3 is 10.4 Å². The van der Waals surface area contributed by atoms with Crippen LogP contribution in [0.3, 0.4) is 0 Å². The number of carbonyl (C=O) groups is 1. The summed E-state index contributed by atoms with van der Waals surface area (Å²) in [7, 11) is 0. The highest BCUT2D eigenvalue weighted by atomic mass is 35.5. The topological polar surface area (TPSA) is 74.0 Å². The third-order valence-electron chi connectivity index (χ3n) is 3.35. The summed E-state index contributed by atoms with van der Waals surface area (Å²) < 4.78 is 0. The number of benzene rings is 3. The SMILES string of the molecule is O=C(Nc1ccccc1)c1cccc(N=Nc2cc(Cl)ccc2O)c1. The fraction of sp³-hybridized carbons (Fsp3) is 0. The Morgan fingerprint density at radius 3 is 2.52 bits per heavy atom. The van der Waals surface area contributed by atoms with E-state index in [4.69, 9.17) is 11.6 Å². The monoisotopic (exact) mass is 351 g/mol. The van der Waals surface area contributed by atoms with Crippen molar-refractivity contribution in [3.63, 3.8) is 0 Å². The molecule has 3 aromatic rings. The first kappa shape index (κ1) is 16.7. The Kier molecular flexibility index (Phi) is 5.06. The molecule has 0 unspecified atom stereocenters. The summed E-state index contributed by atoms with van der Waals surface area (Å²) in [6, 6.07) is 20.4. The van der Waals surface area contributed by atoms with Crippen LogP contribution in [-0.4, -0.2) is 11.0 Å². The van der Waals surface area contributed by atoms with E-state index in [1.165, 1.54) is 12.1 Å². The van der Waals surface area contributed by atoms with E-state index in [1.54, 1.807) is 30.3 Å². The Balaban J connectivity index is 1.78. The maximum Gasteiger partial charge on any atom is 0.255 e. The van der Waals surface area contributed by atoms with Crippen LogP contribution in [0.5, 0.6) is 5.75 Å². The third kappa shape index (κ3) is 4.43. The van der Waals surface area contributed by atoms with Gasteiger partial charge in [0.15, 0.2) is 0 Å². The molecular formula is C19H14ClN3O2. The number of hydrogen-bond donors (Lipinski definition) is 2. The van der Waals surface area contributed by atoms with Crippen LogP contribution in [0.4, 0.5) is 17.1 Å². The Bertz CT molecular complexity index is 927. The molecule has 0 aromatic heterocycles. The molecule has 0 aliphatic rings. The highest BCUT2D eigenvalue weighted by molar-refractivity contribution is 6.30. The lowest BCUT2D eigenvalue weighted by Gasteiger charge is -2.05. The van der Waals surface area contributed by atoms with Gasteiger partial charge in [-0.25, -0.2) is 0 Å². The van der Waals surface area contributed by atoms with Gasteiger partial charge in [0.2, 0.25) is 0 Å². The molecule has 0 bridgehead atoms. The van der Waals surface area contributed by atoms with E-state index in [1.807, 2.05) is 30.3 Å². The van der Waals surface area contributed by atoms with Crippen molar-refractivity contribution >= 4 is 34.6 Å². The van der Waals surface area contributed by atoms with Crippen molar-refractivity contribution in [3.8, 4) is 5.75 Å². The van der Waals surface area contributed by atoms with Gasteiger partial charge in [-0.1, -0.05) is 35.9 Å². The van der Waals surface area contributed by atoms with Crippen molar-refractivity contribution in [2.24, 2.45) is 10.2 Å². The molecular weight excluding hydrogens is 338 g/mol. The maximum atomic E-state index is 12.3. The van der Waals surface area contributed by atoms with Gasteiger partial charge in [-0.3, -0.25) is 4.79 Å². The number of nitrogens with zero attached hydrogens (tertiary/aromatic N) is 2. The first-order chi connectivity index (χ1) is 12.1. The molecule has 0 atom stereocenters. The summed E-state index contributed by atoms with van der Waals surface area (Å²) in [6.45, 7) is 0. The summed E-state index contributed by atoms with van der Waals surface area (Å²) in [5.41, 5.74) is 1.91. The molecule has 5 nitrogen and oxygen atoms in total. The summed E-state index contributed by atoms with van der Waals surface area (Å²) >= 11 is 5.88. The number of rotatable bonds is 4. The third-order valence-corrected chi connectivity index (χ3v) is 3.59. The predicted octanol–water partition coefficient (Wildman–Crippen LogP) is 5.71. The van der Waals surface area contributed by atoms with Crippen molar-refractivity contribution in [1.82, 2.24) is 0 Å². The second-order valence-corrected chi connectivity index (χ2v) is 5.64. The Labute approximate surface area is 149 Å². The molecule has 0 fully saturated rings. The van der Waals surface area contributed by atoms with E-state index >= 15 is 0 Å². The van der Waals surface area contributed by atoms with Crippen molar-refractivity contribution in [2.75, 3.05) is 5.32 Å². The van der Waals surface area contributed by atoms with Crippen LogP contribution in [0.2, 0.25) is 5.02 Å². The summed E-state index contributed by atoms with van der Waals surface area (Å²) in [5, 5.41) is 21.0. The van der Waals surface area contributed by atoms with E-state index < -0.39 is 0 Å². The summed E-state index contributed by atoms with van der Waals surface area (Å²) in [4.78, 5) is 12.3. The van der Waals surface area contributed by atoms with Gasteiger partial charge in [0, 0.05) is 16.3 Å². The fourth-order valence-corrected chi connectivity index (χ4v) is 2.29. The molecule has 0 spiro atoms. The van der Waals surface area contributed by atoms with Crippen LogP contribution in [0, 0.1) is 0 Å². The maximum absolute atomic E-state index is 12.3. The van der Waals surface area contributed by atoms with Crippen LogP contribution >= 0.6 is 11.6 Å². The highest BCUT2D eigenvalue weighted by Gasteiger charge is 2.07. The van der Waals surface area contributed by atoms with Gasteiger partial charge in [0.1, 0.15) is 11.4 Å². The highest BCUT2D eigenvalue weighted by Crippen LogP contribution is 2.30. The molecule has 3 aromatic carbocycles. The van der Waals surface area contributed by atoms with Crippen LogP contribution in [0.25, 0.3) is 0 Å². The van der Waals surface area contributed by atoms with Gasteiger partial charge in [0.25, 0.3) is 5.91 Å². The molecule has 1 amide bonds. The van der Waals surface area contributed by atoms with E-state index in [0.717, 1.165) is 0 Å². The Morgan fingerprint density at radius 2 is 1.72 bits per heavy atom. The van der Waals surface area contributed by atoms with Crippen LogP contribution < -0.4 is 5.32 Å². The molecule has 0 aliphatic heterocycles. The lowest BCUT2D eigenvalue weighted by molar-refractivity contribution is 0.102. The number of anilines is 1. The molecule has 0 aliphatic carbocycles. The number of nitrogens with one attached hydrogen (secondary N) is 1. The van der Waals surface area contributed by atoms with Gasteiger partial charge in [-0.05, 0) is 48.5 Å². The average molecular weight is 352 g/mol. The fourth-order valence-electron chi connectivity index (χ4n) is 2.12. The number of phenolic OH excluding ortho intramolecular Hbond substituents is 1. The minimum atomic E-state index is -0.242. The molecule has 124 valence electrons. The summed E-state index contributed by atoms with van der Waals surface area (Å²) in [5.74, 6) is -0.264. The number of carbonyl (C=O) groups excluding carboxylic acids is 1. The van der Waals surface area contributed by atoms with Gasteiger partial charge in [-0.2, -0.15) is 5.11 Å². The molecule has 0 heterocycles. The zero-order valence-electron chi connectivity index (χ0n) is 13.1. The van der Waals surface area contributed by atoms with Gasteiger partial charge in [0.05, 0.1) is 5.69 Å². The zero-order valence-corrected chi connectivity index (χ0v) is 13.8. The zero-order chi connectivity index (χ0) is 17.6. The van der Waals surface area contributed by atoms with Gasteiger partial charge >= 0.3 is 0 Å². The minimum absolute atomic E-state index is 0.0221. The second-order valence-electron chi connectivity index (χ2n) is 5.20. The molecule has 6 heteroatoms. The number of phenols is 1. The van der Waals surface area contributed by atoms with Crippen LogP contribution in [0.1, 0.15) is 10.4 Å². The Hall–Kier alpha value is -3.18. The van der Waals surface area contributed by atoms with Crippen LogP contribution in [0.15, 0.2) is 83.0 Å².